The zero-order chi connectivity index (χ0) is 16.9. The van der Waals surface area contributed by atoms with Gasteiger partial charge in [0, 0.05) is 35.8 Å². The monoisotopic (exact) mass is 321 g/mol. The van der Waals surface area contributed by atoms with Gasteiger partial charge in [0.1, 0.15) is 5.82 Å². The number of H-pyrrole nitrogens is 1. The van der Waals surface area contributed by atoms with Crippen molar-refractivity contribution in [2.45, 2.75) is 38.6 Å². The summed E-state index contributed by atoms with van der Waals surface area (Å²) in [6.07, 6.45) is 3.70. The Balaban J connectivity index is 1.88. The van der Waals surface area contributed by atoms with Crippen molar-refractivity contribution < 1.29 is 14.3 Å². The highest BCUT2D eigenvalue weighted by Gasteiger charge is 2.23. The Morgan fingerprint density at radius 3 is 2.91 bits per heavy atom. The number of aliphatic hydroxyl groups excluding tert-OH is 1. The topological polar surface area (TPSA) is 77.2 Å². The van der Waals surface area contributed by atoms with E-state index in [2.05, 4.69) is 15.6 Å². The third kappa shape index (κ3) is 4.45. The summed E-state index contributed by atoms with van der Waals surface area (Å²) in [6, 6.07) is 4.36. The van der Waals surface area contributed by atoms with Gasteiger partial charge in [0.2, 0.25) is 0 Å². The maximum Gasteiger partial charge on any atom is 0.315 e. The van der Waals surface area contributed by atoms with E-state index in [1.54, 1.807) is 6.07 Å². The summed E-state index contributed by atoms with van der Waals surface area (Å²) in [6.45, 7) is 4.36. The number of hydrogen-bond acceptors (Lipinski definition) is 2. The Bertz CT molecular complexity index is 671. The summed E-state index contributed by atoms with van der Waals surface area (Å²) in [7, 11) is 0. The molecule has 0 saturated carbocycles. The van der Waals surface area contributed by atoms with Gasteiger partial charge in [0.25, 0.3) is 0 Å². The Kier molecular flexibility index (Phi) is 5.60. The lowest BCUT2D eigenvalue weighted by molar-refractivity contribution is 0.201. The fourth-order valence-corrected chi connectivity index (χ4v) is 2.56. The van der Waals surface area contributed by atoms with E-state index in [-0.39, 0.29) is 18.5 Å². The number of aromatic nitrogens is 1. The number of rotatable bonds is 7. The van der Waals surface area contributed by atoms with E-state index in [1.165, 1.54) is 12.1 Å². The number of nitrogens with one attached hydrogen (secondary N) is 3. The first-order chi connectivity index (χ1) is 11.0. The fraction of sp³-hybridized carbons (Fsp3) is 0.471. The molecule has 2 rings (SSSR count). The predicted octanol–water partition coefficient (Wildman–Crippen LogP) is 2.70. The molecule has 4 N–H and O–H groups in total. The second kappa shape index (κ2) is 7.46. The molecule has 0 aliphatic carbocycles. The lowest BCUT2D eigenvalue weighted by Gasteiger charge is -2.29. The molecule has 1 aromatic heterocycles. The largest absolute Gasteiger partial charge is 0.396 e. The summed E-state index contributed by atoms with van der Waals surface area (Å²) in [5, 5.41) is 15.6. The maximum atomic E-state index is 13.3. The first-order valence-corrected chi connectivity index (χ1v) is 7.90. The minimum atomic E-state index is -0.414. The van der Waals surface area contributed by atoms with Crippen molar-refractivity contribution in [3.05, 3.63) is 35.8 Å². The molecule has 1 heterocycles. The van der Waals surface area contributed by atoms with Crippen LogP contribution in [-0.4, -0.2) is 34.8 Å². The number of aliphatic hydroxyl groups is 1. The summed E-state index contributed by atoms with van der Waals surface area (Å²) in [4.78, 5) is 15.1. The number of hydrogen-bond donors (Lipinski definition) is 4. The molecule has 0 fully saturated rings. The molecule has 126 valence electrons. The molecule has 2 amide bonds. The number of fused-ring (bicyclic) bond motifs is 1. The van der Waals surface area contributed by atoms with E-state index in [1.807, 2.05) is 20.0 Å². The van der Waals surface area contributed by atoms with Gasteiger partial charge < -0.3 is 20.7 Å². The molecule has 6 heteroatoms. The molecule has 0 saturated heterocycles. The van der Waals surface area contributed by atoms with Crippen molar-refractivity contribution in [1.29, 1.82) is 0 Å². The van der Waals surface area contributed by atoms with Crippen LogP contribution in [0.25, 0.3) is 10.9 Å². The molecule has 0 radical (unpaired) electrons. The van der Waals surface area contributed by atoms with Crippen LogP contribution >= 0.6 is 0 Å². The number of urea groups is 1. The standard InChI is InChI=1S/C17H24FN3O2/c1-3-17(2,7-9-22)21-16(23)19-8-6-12-11-20-15-5-4-13(18)10-14(12)15/h4-5,10-11,20,22H,3,6-9H2,1-2H3,(H2,19,21,23). The van der Waals surface area contributed by atoms with Gasteiger partial charge in [0.05, 0.1) is 0 Å². The number of aromatic amines is 1. The maximum absolute atomic E-state index is 13.3. The highest BCUT2D eigenvalue weighted by molar-refractivity contribution is 5.83. The number of amides is 2. The normalized spacial score (nSPS) is 13.7. The second-order valence-corrected chi connectivity index (χ2v) is 6.02. The van der Waals surface area contributed by atoms with Crippen molar-refractivity contribution in [1.82, 2.24) is 15.6 Å². The highest BCUT2D eigenvalue weighted by Crippen LogP contribution is 2.19. The molecule has 2 aromatic rings. The van der Waals surface area contributed by atoms with Gasteiger partial charge in [-0.2, -0.15) is 0 Å². The van der Waals surface area contributed by atoms with Crippen molar-refractivity contribution in [3.8, 4) is 0 Å². The van der Waals surface area contributed by atoms with Crippen LogP contribution in [0.15, 0.2) is 24.4 Å². The van der Waals surface area contributed by atoms with Crippen molar-refractivity contribution in [2.24, 2.45) is 0 Å². The molecular weight excluding hydrogens is 297 g/mol. The van der Waals surface area contributed by atoms with Crippen LogP contribution in [0.2, 0.25) is 0 Å². The summed E-state index contributed by atoms with van der Waals surface area (Å²) >= 11 is 0. The minimum Gasteiger partial charge on any atom is -0.396 e. The van der Waals surface area contributed by atoms with Gasteiger partial charge >= 0.3 is 6.03 Å². The van der Waals surface area contributed by atoms with Crippen LogP contribution in [0, 0.1) is 5.82 Å². The zero-order valence-electron chi connectivity index (χ0n) is 13.6. The molecule has 1 atom stereocenters. The Morgan fingerprint density at radius 2 is 2.22 bits per heavy atom. The molecule has 0 bridgehead atoms. The lowest BCUT2D eigenvalue weighted by Crippen LogP contribution is -2.50. The fourth-order valence-electron chi connectivity index (χ4n) is 2.56. The molecule has 0 spiro atoms. The average molecular weight is 321 g/mol. The highest BCUT2D eigenvalue weighted by atomic mass is 19.1. The Morgan fingerprint density at radius 1 is 1.43 bits per heavy atom. The number of carbonyl (C=O) groups excluding carboxylic acids is 1. The first-order valence-electron chi connectivity index (χ1n) is 7.90. The van der Waals surface area contributed by atoms with Gasteiger partial charge in [-0.3, -0.25) is 0 Å². The smallest absolute Gasteiger partial charge is 0.315 e. The van der Waals surface area contributed by atoms with Gasteiger partial charge in [-0.1, -0.05) is 6.92 Å². The summed E-state index contributed by atoms with van der Waals surface area (Å²) < 4.78 is 13.3. The molecule has 1 aromatic carbocycles. The number of carbonyl (C=O) groups is 1. The summed E-state index contributed by atoms with van der Waals surface area (Å²) in [5.41, 5.74) is 1.43. The SMILES string of the molecule is CCC(C)(CCO)NC(=O)NCCc1c[nH]c2ccc(F)cc12. The van der Waals surface area contributed by atoms with E-state index in [0.717, 1.165) is 22.9 Å². The van der Waals surface area contributed by atoms with Crippen LogP contribution in [0.1, 0.15) is 32.3 Å². The van der Waals surface area contributed by atoms with Gasteiger partial charge in [-0.25, -0.2) is 9.18 Å². The zero-order valence-corrected chi connectivity index (χ0v) is 13.6. The average Bonchev–Trinajstić information content (AvgIpc) is 2.90. The van der Waals surface area contributed by atoms with E-state index >= 15 is 0 Å². The molecule has 0 aliphatic rings. The Labute approximate surface area is 135 Å². The molecule has 0 aliphatic heterocycles. The lowest BCUT2D eigenvalue weighted by atomic mass is 9.95. The summed E-state index contributed by atoms with van der Waals surface area (Å²) in [5.74, 6) is -0.272. The van der Waals surface area contributed by atoms with Gasteiger partial charge in [-0.15, -0.1) is 0 Å². The van der Waals surface area contributed by atoms with Crippen LogP contribution in [-0.2, 0) is 6.42 Å². The molecular formula is C17H24FN3O2. The van der Waals surface area contributed by atoms with Crippen LogP contribution in [0.4, 0.5) is 9.18 Å². The molecule has 5 nitrogen and oxygen atoms in total. The van der Waals surface area contributed by atoms with Gasteiger partial charge in [-0.05, 0) is 49.9 Å². The second-order valence-electron chi connectivity index (χ2n) is 6.02. The predicted molar refractivity (Wildman–Crippen MR) is 88.9 cm³/mol. The van der Waals surface area contributed by atoms with Crippen molar-refractivity contribution in [3.63, 3.8) is 0 Å². The molecule has 1 unspecified atom stereocenters. The third-order valence-electron chi connectivity index (χ3n) is 4.27. The van der Waals surface area contributed by atoms with Crippen molar-refractivity contribution >= 4 is 16.9 Å². The van der Waals surface area contributed by atoms with E-state index in [0.29, 0.717) is 19.4 Å². The quantitative estimate of drug-likeness (QED) is 0.633. The minimum absolute atomic E-state index is 0.0333. The third-order valence-corrected chi connectivity index (χ3v) is 4.27. The number of benzene rings is 1. The van der Waals surface area contributed by atoms with E-state index in [4.69, 9.17) is 5.11 Å². The Hall–Kier alpha value is -2.08. The van der Waals surface area contributed by atoms with E-state index < -0.39 is 5.54 Å². The van der Waals surface area contributed by atoms with Gasteiger partial charge in [0.15, 0.2) is 0 Å². The van der Waals surface area contributed by atoms with E-state index in [9.17, 15) is 9.18 Å². The molecule has 23 heavy (non-hydrogen) atoms. The number of halogens is 1. The van der Waals surface area contributed by atoms with Crippen LogP contribution in [0.5, 0.6) is 0 Å². The van der Waals surface area contributed by atoms with Crippen LogP contribution < -0.4 is 10.6 Å². The van der Waals surface area contributed by atoms with Crippen molar-refractivity contribution in [2.75, 3.05) is 13.2 Å². The van der Waals surface area contributed by atoms with Crippen LogP contribution in [0.3, 0.4) is 0 Å². The first kappa shape index (κ1) is 17.3.